The number of nitro benzene ring substituents is 1. The zero-order chi connectivity index (χ0) is 23.5. The number of nitrogens with zero attached hydrogens (tertiary/aromatic N) is 5. The Kier molecular flexibility index (Phi) is 6.89. The van der Waals surface area contributed by atoms with Crippen LogP contribution in [0.3, 0.4) is 0 Å². The second kappa shape index (κ2) is 9.84. The number of aromatic nitrogens is 4. The number of hydrogen-bond donors (Lipinski definition) is 0. The van der Waals surface area contributed by atoms with Crippen LogP contribution in [0.15, 0.2) is 44.7 Å². The summed E-state index contributed by atoms with van der Waals surface area (Å²) in [6.45, 7) is 6.91. The summed E-state index contributed by atoms with van der Waals surface area (Å²) < 4.78 is 7.49. The molecule has 0 unspecified atom stereocenters. The maximum atomic E-state index is 13.2. The van der Waals surface area contributed by atoms with Gasteiger partial charge in [-0.3, -0.25) is 19.5 Å². The first kappa shape index (κ1) is 23.1. The standard InChI is InChI=1S/C22H23N5O4S2/c1-4-16-11-17-20(33-16)23-22(26(21(17)28)10-9-13(2)3)32-12-18-24-25-19(31-18)14-5-7-15(8-6-14)27(29)30/h5-8,11,13H,4,9-10,12H2,1-3H3. The van der Waals surface area contributed by atoms with Crippen LogP contribution in [0, 0.1) is 16.0 Å². The predicted octanol–water partition coefficient (Wildman–Crippen LogP) is 5.32. The van der Waals surface area contributed by atoms with Crippen molar-refractivity contribution < 1.29 is 9.34 Å². The van der Waals surface area contributed by atoms with Gasteiger partial charge in [-0.2, -0.15) is 0 Å². The first-order valence-electron chi connectivity index (χ1n) is 10.6. The molecular formula is C22H23N5O4S2. The van der Waals surface area contributed by atoms with Gasteiger partial charge in [-0.25, -0.2) is 4.98 Å². The van der Waals surface area contributed by atoms with E-state index in [4.69, 9.17) is 9.40 Å². The molecule has 11 heteroatoms. The van der Waals surface area contributed by atoms with E-state index in [0.717, 1.165) is 22.5 Å². The molecule has 33 heavy (non-hydrogen) atoms. The first-order valence-corrected chi connectivity index (χ1v) is 12.4. The second-order valence-electron chi connectivity index (χ2n) is 7.91. The van der Waals surface area contributed by atoms with Crippen molar-refractivity contribution in [3.05, 3.63) is 61.6 Å². The summed E-state index contributed by atoms with van der Waals surface area (Å²) in [7, 11) is 0. The third kappa shape index (κ3) is 5.14. The number of thioether (sulfide) groups is 1. The van der Waals surface area contributed by atoms with Crippen molar-refractivity contribution in [3.63, 3.8) is 0 Å². The maximum absolute atomic E-state index is 13.2. The topological polar surface area (TPSA) is 117 Å². The monoisotopic (exact) mass is 485 g/mol. The highest BCUT2D eigenvalue weighted by molar-refractivity contribution is 7.98. The molecule has 9 nitrogen and oxygen atoms in total. The number of fused-ring (bicyclic) bond motifs is 1. The molecule has 3 heterocycles. The normalized spacial score (nSPS) is 11.5. The largest absolute Gasteiger partial charge is 0.420 e. The van der Waals surface area contributed by atoms with Gasteiger partial charge in [-0.15, -0.1) is 21.5 Å². The Balaban J connectivity index is 1.58. The minimum atomic E-state index is -0.459. The van der Waals surface area contributed by atoms with E-state index in [2.05, 4.69) is 31.0 Å². The summed E-state index contributed by atoms with van der Waals surface area (Å²) in [5, 5.41) is 20.3. The molecule has 0 amide bonds. The Labute approximate surface area is 198 Å². The third-order valence-electron chi connectivity index (χ3n) is 5.06. The molecule has 0 N–H and O–H groups in total. The Bertz CT molecular complexity index is 1340. The number of benzene rings is 1. The lowest BCUT2D eigenvalue weighted by Crippen LogP contribution is -2.23. The van der Waals surface area contributed by atoms with Crippen LogP contribution in [0.25, 0.3) is 21.7 Å². The third-order valence-corrected chi connectivity index (χ3v) is 7.20. The molecule has 0 aliphatic carbocycles. The number of non-ortho nitro benzene ring substituents is 1. The van der Waals surface area contributed by atoms with E-state index < -0.39 is 4.92 Å². The van der Waals surface area contributed by atoms with E-state index in [1.54, 1.807) is 28.0 Å². The summed E-state index contributed by atoms with van der Waals surface area (Å²) in [5.74, 6) is 1.48. The van der Waals surface area contributed by atoms with Gasteiger partial charge in [-0.05, 0) is 37.0 Å². The SMILES string of the molecule is CCc1cc2c(=O)n(CCC(C)C)c(SCc3nnc(-c4ccc([N+](=O)[O-])cc4)o3)nc2s1. The van der Waals surface area contributed by atoms with Crippen molar-refractivity contribution in [2.75, 3.05) is 0 Å². The van der Waals surface area contributed by atoms with Gasteiger partial charge in [0.25, 0.3) is 11.2 Å². The number of aryl methyl sites for hydroxylation is 1. The summed E-state index contributed by atoms with van der Waals surface area (Å²) >= 11 is 2.93. The fourth-order valence-electron chi connectivity index (χ4n) is 3.20. The van der Waals surface area contributed by atoms with E-state index in [-0.39, 0.29) is 17.1 Å². The van der Waals surface area contributed by atoms with Gasteiger partial charge >= 0.3 is 0 Å². The maximum Gasteiger partial charge on any atom is 0.269 e. The van der Waals surface area contributed by atoms with E-state index in [9.17, 15) is 14.9 Å². The minimum absolute atomic E-state index is 0.00492. The van der Waals surface area contributed by atoms with E-state index in [0.29, 0.717) is 40.2 Å². The number of nitro groups is 1. The Morgan fingerprint density at radius 3 is 2.67 bits per heavy atom. The van der Waals surface area contributed by atoms with Crippen LogP contribution in [0.1, 0.15) is 38.0 Å². The van der Waals surface area contributed by atoms with Crippen molar-refractivity contribution in [2.24, 2.45) is 5.92 Å². The van der Waals surface area contributed by atoms with Crippen molar-refractivity contribution in [1.29, 1.82) is 0 Å². The number of thiophene rings is 1. The van der Waals surface area contributed by atoms with E-state index >= 15 is 0 Å². The highest BCUT2D eigenvalue weighted by Gasteiger charge is 2.17. The van der Waals surface area contributed by atoms with Crippen molar-refractivity contribution >= 4 is 39.0 Å². The quantitative estimate of drug-likeness (QED) is 0.135. The van der Waals surface area contributed by atoms with Crippen LogP contribution in [0.2, 0.25) is 0 Å². The van der Waals surface area contributed by atoms with Gasteiger partial charge in [0.1, 0.15) is 4.83 Å². The van der Waals surface area contributed by atoms with Crippen LogP contribution in [-0.2, 0) is 18.7 Å². The van der Waals surface area contributed by atoms with Gasteiger partial charge in [0.05, 0.1) is 16.1 Å². The average Bonchev–Trinajstić information content (AvgIpc) is 3.44. The van der Waals surface area contributed by atoms with Crippen LogP contribution in [0.5, 0.6) is 0 Å². The smallest absolute Gasteiger partial charge is 0.269 e. The average molecular weight is 486 g/mol. The minimum Gasteiger partial charge on any atom is -0.420 e. The van der Waals surface area contributed by atoms with Gasteiger partial charge in [0, 0.05) is 29.1 Å². The highest BCUT2D eigenvalue weighted by atomic mass is 32.2. The molecule has 0 radical (unpaired) electrons. The summed E-state index contributed by atoms with van der Waals surface area (Å²) in [6, 6.07) is 7.88. The van der Waals surface area contributed by atoms with Crippen molar-refractivity contribution in [3.8, 4) is 11.5 Å². The van der Waals surface area contributed by atoms with Gasteiger partial charge in [-0.1, -0.05) is 32.5 Å². The molecular weight excluding hydrogens is 462 g/mol. The van der Waals surface area contributed by atoms with E-state index in [1.807, 2.05) is 6.07 Å². The van der Waals surface area contributed by atoms with Crippen LogP contribution in [-0.4, -0.2) is 24.7 Å². The van der Waals surface area contributed by atoms with Gasteiger partial charge in [0.2, 0.25) is 11.8 Å². The lowest BCUT2D eigenvalue weighted by molar-refractivity contribution is -0.384. The highest BCUT2D eigenvalue weighted by Crippen LogP contribution is 2.28. The van der Waals surface area contributed by atoms with Crippen LogP contribution in [0.4, 0.5) is 5.69 Å². The van der Waals surface area contributed by atoms with Crippen molar-refractivity contribution in [1.82, 2.24) is 19.7 Å². The predicted molar refractivity (Wildman–Crippen MR) is 129 cm³/mol. The Morgan fingerprint density at radius 2 is 2.00 bits per heavy atom. The summed E-state index contributed by atoms with van der Waals surface area (Å²) in [4.78, 5) is 30.2. The van der Waals surface area contributed by atoms with Gasteiger partial charge < -0.3 is 4.42 Å². The fourth-order valence-corrected chi connectivity index (χ4v) is 5.07. The first-order chi connectivity index (χ1) is 15.9. The molecule has 0 aliphatic rings. The molecule has 0 spiro atoms. The second-order valence-corrected chi connectivity index (χ2v) is 9.97. The molecule has 4 rings (SSSR count). The Hall–Kier alpha value is -3.05. The molecule has 0 saturated heterocycles. The van der Waals surface area contributed by atoms with Crippen LogP contribution >= 0.6 is 23.1 Å². The molecule has 3 aromatic heterocycles. The molecule has 0 aliphatic heterocycles. The van der Waals surface area contributed by atoms with Crippen LogP contribution < -0.4 is 5.56 Å². The Morgan fingerprint density at radius 1 is 1.24 bits per heavy atom. The zero-order valence-corrected chi connectivity index (χ0v) is 20.1. The van der Waals surface area contributed by atoms with E-state index in [1.165, 1.54) is 23.9 Å². The fraction of sp³-hybridized carbons (Fsp3) is 0.364. The molecule has 1 aromatic carbocycles. The summed E-state index contributed by atoms with van der Waals surface area (Å²) in [6.07, 6.45) is 1.73. The number of hydrogen-bond acceptors (Lipinski definition) is 9. The molecule has 0 bridgehead atoms. The summed E-state index contributed by atoms with van der Waals surface area (Å²) in [5.41, 5.74) is 0.578. The van der Waals surface area contributed by atoms with Gasteiger partial charge in [0.15, 0.2) is 5.16 Å². The molecule has 0 atom stereocenters. The molecule has 172 valence electrons. The molecule has 0 fully saturated rings. The lowest BCUT2D eigenvalue weighted by atomic mass is 10.1. The zero-order valence-electron chi connectivity index (χ0n) is 18.5. The number of rotatable bonds is 9. The lowest BCUT2D eigenvalue weighted by Gasteiger charge is -2.12. The molecule has 4 aromatic rings. The van der Waals surface area contributed by atoms with Crippen molar-refractivity contribution in [2.45, 2.75) is 51.1 Å². The molecule has 0 saturated carbocycles.